The number of hydrogen-bond donors (Lipinski definition) is 1. The normalized spacial score (nSPS) is 10.3. The molecule has 0 aliphatic carbocycles. The van der Waals surface area contributed by atoms with E-state index in [2.05, 4.69) is 5.32 Å². The predicted molar refractivity (Wildman–Crippen MR) is 99.2 cm³/mol. The van der Waals surface area contributed by atoms with Crippen LogP contribution >= 0.6 is 0 Å². The lowest BCUT2D eigenvalue weighted by atomic mass is 10.2. The molecule has 0 saturated carbocycles. The molecule has 0 atom stereocenters. The number of nitrogens with zero attached hydrogens (tertiary/aromatic N) is 2. The van der Waals surface area contributed by atoms with Gasteiger partial charge in [-0.25, -0.2) is 0 Å². The number of non-ortho nitro benzene ring substituents is 1. The van der Waals surface area contributed by atoms with Crippen molar-refractivity contribution in [3.63, 3.8) is 0 Å². The van der Waals surface area contributed by atoms with Gasteiger partial charge in [-0.1, -0.05) is 36.4 Å². The van der Waals surface area contributed by atoms with Crippen LogP contribution in [-0.2, 0) is 16.1 Å². The zero-order valence-corrected chi connectivity index (χ0v) is 15.0. The molecule has 2 amide bonds. The first kappa shape index (κ1) is 20.1. The van der Waals surface area contributed by atoms with Crippen molar-refractivity contribution in [1.82, 2.24) is 10.2 Å². The molecule has 0 saturated heterocycles. The number of nitro benzene ring substituents is 1. The second-order valence-electron chi connectivity index (χ2n) is 5.78. The fourth-order valence-corrected chi connectivity index (χ4v) is 2.43. The van der Waals surface area contributed by atoms with Gasteiger partial charge in [-0.05, 0) is 11.6 Å². The van der Waals surface area contributed by atoms with Crippen LogP contribution in [0.2, 0.25) is 0 Å². The number of rotatable bonds is 9. The molecule has 8 heteroatoms. The predicted octanol–water partition coefficient (Wildman–Crippen LogP) is 2.00. The molecule has 1 N–H and O–H groups in total. The van der Waals surface area contributed by atoms with E-state index in [0.29, 0.717) is 19.7 Å². The molecule has 2 aromatic rings. The summed E-state index contributed by atoms with van der Waals surface area (Å²) in [6.45, 7) is 0.947. The van der Waals surface area contributed by atoms with Crippen LogP contribution in [0.1, 0.15) is 15.9 Å². The molecular formula is C19H21N3O5. The van der Waals surface area contributed by atoms with Gasteiger partial charge in [-0.15, -0.1) is 0 Å². The van der Waals surface area contributed by atoms with Crippen molar-refractivity contribution in [2.24, 2.45) is 0 Å². The van der Waals surface area contributed by atoms with E-state index in [9.17, 15) is 19.7 Å². The number of nitro groups is 1. The van der Waals surface area contributed by atoms with Crippen LogP contribution in [0.15, 0.2) is 54.6 Å². The van der Waals surface area contributed by atoms with Gasteiger partial charge in [0.15, 0.2) is 0 Å². The van der Waals surface area contributed by atoms with Crippen molar-refractivity contribution >= 4 is 17.5 Å². The van der Waals surface area contributed by atoms with Crippen molar-refractivity contribution in [3.05, 3.63) is 75.8 Å². The molecular weight excluding hydrogens is 350 g/mol. The Kier molecular flexibility index (Phi) is 7.45. The van der Waals surface area contributed by atoms with E-state index >= 15 is 0 Å². The monoisotopic (exact) mass is 371 g/mol. The first-order valence-corrected chi connectivity index (χ1v) is 8.34. The van der Waals surface area contributed by atoms with E-state index in [1.807, 2.05) is 30.3 Å². The molecule has 0 aromatic heterocycles. The Morgan fingerprint density at radius 3 is 2.56 bits per heavy atom. The maximum absolute atomic E-state index is 12.5. The molecule has 0 aliphatic rings. The van der Waals surface area contributed by atoms with Crippen molar-refractivity contribution < 1.29 is 19.2 Å². The van der Waals surface area contributed by atoms with E-state index < -0.39 is 10.8 Å². The standard InChI is InChI=1S/C19H21N3O5/c1-27-11-10-21(14-15-6-3-2-4-7-15)18(23)13-20-19(24)16-8-5-9-17(12-16)22(25)26/h2-9,12H,10-11,13-14H2,1H3,(H,20,24). The van der Waals surface area contributed by atoms with Gasteiger partial charge < -0.3 is 15.0 Å². The van der Waals surface area contributed by atoms with E-state index in [1.54, 1.807) is 12.0 Å². The van der Waals surface area contributed by atoms with Gasteiger partial charge in [0.1, 0.15) is 0 Å². The highest BCUT2D eigenvalue weighted by molar-refractivity contribution is 5.96. The van der Waals surface area contributed by atoms with Gasteiger partial charge in [-0.3, -0.25) is 19.7 Å². The second-order valence-corrected chi connectivity index (χ2v) is 5.78. The summed E-state index contributed by atoms with van der Waals surface area (Å²) in [7, 11) is 1.55. The molecule has 2 aromatic carbocycles. The number of amides is 2. The molecule has 2 rings (SSSR count). The third kappa shape index (κ3) is 6.19. The quantitative estimate of drug-likeness (QED) is 0.537. The van der Waals surface area contributed by atoms with E-state index in [-0.39, 0.29) is 23.7 Å². The van der Waals surface area contributed by atoms with Gasteiger partial charge in [0, 0.05) is 37.9 Å². The second kappa shape index (κ2) is 10.0. The number of carbonyl (C=O) groups excluding carboxylic acids is 2. The van der Waals surface area contributed by atoms with E-state index in [4.69, 9.17) is 4.74 Å². The van der Waals surface area contributed by atoms with Gasteiger partial charge >= 0.3 is 0 Å². The first-order valence-electron chi connectivity index (χ1n) is 8.34. The van der Waals surface area contributed by atoms with Crippen LogP contribution in [0.5, 0.6) is 0 Å². The number of methoxy groups -OCH3 is 1. The SMILES string of the molecule is COCCN(Cc1ccccc1)C(=O)CNC(=O)c1cccc([N+](=O)[O-])c1. The topological polar surface area (TPSA) is 102 Å². The molecule has 0 aliphatic heterocycles. The summed E-state index contributed by atoms with van der Waals surface area (Å²) in [5.41, 5.74) is 0.912. The molecule has 0 radical (unpaired) electrons. The lowest BCUT2D eigenvalue weighted by molar-refractivity contribution is -0.384. The fourth-order valence-electron chi connectivity index (χ4n) is 2.43. The van der Waals surface area contributed by atoms with Gasteiger partial charge in [0.05, 0.1) is 18.1 Å². The van der Waals surface area contributed by atoms with Gasteiger partial charge in [0.25, 0.3) is 11.6 Å². The molecule has 0 fully saturated rings. The maximum Gasteiger partial charge on any atom is 0.270 e. The summed E-state index contributed by atoms with van der Waals surface area (Å²) >= 11 is 0. The largest absolute Gasteiger partial charge is 0.383 e. The maximum atomic E-state index is 12.5. The van der Waals surface area contributed by atoms with Crippen LogP contribution in [0, 0.1) is 10.1 Å². The highest BCUT2D eigenvalue weighted by Gasteiger charge is 2.16. The average Bonchev–Trinajstić information content (AvgIpc) is 2.69. The fraction of sp³-hybridized carbons (Fsp3) is 0.263. The summed E-state index contributed by atoms with van der Waals surface area (Å²) in [5.74, 6) is -0.812. The molecule has 8 nitrogen and oxygen atoms in total. The van der Waals surface area contributed by atoms with E-state index in [0.717, 1.165) is 5.56 Å². The Hall–Kier alpha value is -3.26. The number of benzene rings is 2. The Labute approximate surface area is 156 Å². The van der Waals surface area contributed by atoms with Gasteiger partial charge in [-0.2, -0.15) is 0 Å². The van der Waals surface area contributed by atoms with Crippen LogP contribution in [0.4, 0.5) is 5.69 Å². The highest BCUT2D eigenvalue weighted by Crippen LogP contribution is 2.13. The minimum Gasteiger partial charge on any atom is -0.383 e. The van der Waals surface area contributed by atoms with Crippen molar-refractivity contribution in [2.75, 3.05) is 26.8 Å². The van der Waals surface area contributed by atoms with Crippen LogP contribution < -0.4 is 5.32 Å². The van der Waals surface area contributed by atoms with Crippen LogP contribution in [0.3, 0.4) is 0 Å². The minimum atomic E-state index is -0.575. The summed E-state index contributed by atoms with van der Waals surface area (Å²) in [4.78, 5) is 36.5. The smallest absolute Gasteiger partial charge is 0.270 e. The van der Waals surface area contributed by atoms with Crippen LogP contribution in [-0.4, -0.2) is 48.4 Å². The zero-order chi connectivity index (χ0) is 19.6. The van der Waals surface area contributed by atoms with Gasteiger partial charge in [0.2, 0.25) is 5.91 Å². The lowest BCUT2D eigenvalue weighted by Crippen LogP contribution is -2.41. The van der Waals surface area contributed by atoms with Crippen molar-refractivity contribution in [3.8, 4) is 0 Å². The molecule has 142 valence electrons. The number of carbonyl (C=O) groups is 2. The molecule has 0 spiro atoms. The Balaban J connectivity index is 1.98. The number of ether oxygens (including phenoxy) is 1. The third-order valence-corrected chi connectivity index (χ3v) is 3.85. The summed E-state index contributed by atoms with van der Waals surface area (Å²) in [6, 6.07) is 14.8. The Morgan fingerprint density at radius 2 is 1.89 bits per heavy atom. The molecule has 0 heterocycles. The number of nitrogens with one attached hydrogen (secondary N) is 1. The summed E-state index contributed by atoms with van der Waals surface area (Å²) < 4.78 is 5.05. The Morgan fingerprint density at radius 1 is 1.15 bits per heavy atom. The first-order chi connectivity index (χ1) is 13.0. The lowest BCUT2D eigenvalue weighted by Gasteiger charge is -2.22. The van der Waals surface area contributed by atoms with Crippen molar-refractivity contribution in [1.29, 1.82) is 0 Å². The zero-order valence-electron chi connectivity index (χ0n) is 15.0. The molecule has 27 heavy (non-hydrogen) atoms. The van der Waals surface area contributed by atoms with Crippen molar-refractivity contribution in [2.45, 2.75) is 6.54 Å². The van der Waals surface area contributed by atoms with E-state index in [1.165, 1.54) is 24.3 Å². The number of hydrogen-bond acceptors (Lipinski definition) is 5. The minimum absolute atomic E-state index is 0.128. The third-order valence-electron chi connectivity index (χ3n) is 3.85. The molecule has 0 unspecified atom stereocenters. The average molecular weight is 371 g/mol. The summed E-state index contributed by atoms with van der Waals surface area (Å²) in [6.07, 6.45) is 0. The highest BCUT2D eigenvalue weighted by atomic mass is 16.6. The van der Waals surface area contributed by atoms with Crippen LogP contribution in [0.25, 0.3) is 0 Å². The summed E-state index contributed by atoms with van der Waals surface area (Å²) in [5, 5.41) is 13.3. The Bertz CT molecular complexity index is 795. The molecule has 0 bridgehead atoms.